The lowest BCUT2D eigenvalue weighted by Gasteiger charge is -2.24. The van der Waals surface area contributed by atoms with Crippen molar-refractivity contribution in [1.29, 1.82) is 0 Å². The third-order valence-electron chi connectivity index (χ3n) is 7.92. The summed E-state index contributed by atoms with van der Waals surface area (Å²) in [4.78, 5) is 0. The van der Waals surface area contributed by atoms with E-state index < -0.39 is 10.0 Å². The fourth-order valence-corrected chi connectivity index (χ4v) is 7.18. The van der Waals surface area contributed by atoms with Crippen molar-refractivity contribution >= 4 is 32.5 Å². The molecule has 0 atom stereocenters. The van der Waals surface area contributed by atoms with Gasteiger partial charge in [0.25, 0.3) is 0 Å². The number of aryl methyl sites for hydroxylation is 2. The van der Waals surface area contributed by atoms with E-state index in [0.717, 1.165) is 50.0 Å². The van der Waals surface area contributed by atoms with Gasteiger partial charge in [-0.05, 0) is 90.9 Å². The summed E-state index contributed by atoms with van der Waals surface area (Å²) >= 11 is 6.38. The third kappa shape index (κ3) is 8.20. The van der Waals surface area contributed by atoms with Gasteiger partial charge in [-0.2, -0.15) is 0 Å². The smallest absolute Gasteiger partial charge is 0.215 e. The van der Waals surface area contributed by atoms with Crippen LogP contribution in [0, 0.1) is 27.7 Å². The lowest BCUT2D eigenvalue weighted by atomic mass is 9.95. The first-order valence-corrected chi connectivity index (χ1v) is 17.6. The van der Waals surface area contributed by atoms with Crippen molar-refractivity contribution in [3.63, 3.8) is 0 Å². The molecule has 44 heavy (non-hydrogen) atoms. The Bertz CT molecular complexity index is 1720. The Morgan fingerprint density at radius 3 is 1.86 bits per heavy atom. The van der Waals surface area contributed by atoms with E-state index in [1.807, 2.05) is 65.8 Å². The number of halogens is 1. The second kappa shape index (κ2) is 16.1. The minimum absolute atomic E-state index is 0.0267. The van der Waals surface area contributed by atoms with Crippen LogP contribution in [0.25, 0.3) is 10.9 Å². The summed E-state index contributed by atoms with van der Waals surface area (Å²) in [6, 6.07) is 30.9. The fraction of sp³-hybridized carbons (Fsp3) is 0.316. The number of rotatable bonds is 9. The second-order valence-electron chi connectivity index (χ2n) is 10.6. The minimum Gasteiger partial charge on any atom is -0.333 e. The van der Waals surface area contributed by atoms with Gasteiger partial charge < -0.3 is 4.57 Å². The van der Waals surface area contributed by atoms with E-state index in [-0.39, 0.29) is 11.8 Å². The van der Waals surface area contributed by atoms with Gasteiger partial charge in [0.15, 0.2) is 0 Å². The summed E-state index contributed by atoms with van der Waals surface area (Å²) in [5.41, 5.74) is 9.68. The van der Waals surface area contributed by atoms with Crippen LogP contribution in [-0.2, 0) is 22.2 Å². The number of aromatic nitrogens is 1. The first kappa shape index (κ1) is 35.1. The summed E-state index contributed by atoms with van der Waals surface area (Å²) in [6.45, 7) is 16.4. The Kier molecular flexibility index (Phi) is 12.8. The van der Waals surface area contributed by atoms with Crippen molar-refractivity contribution in [2.24, 2.45) is 0 Å². The standard InChI is InChI=1S/C34H35ClN2O2S.2C2H6/c1-23-19-24(2)32(26(4)25(23)3)22-40(38,39)36-18-17-31-21-29-20-30(35)15-16-33(29)37(31)34(27-11-7-5-8-12-27)28-13-9-6-10-14-28;2*1-2/h5-16,19-21,34,36H,17-18,22H2,1-4H3;2*1-2H3. The molecule has 0 unspecified atom stereocenters. The molecule has 234 valence electrons. The number of sulfonamides is 1. The van der Waals surface area contributed by atoms with E-state index >= 15 is 0 Å². The Labute approximate surface area is 270 Å². The normalized spacial score (nSPS) is 11.1. The molecule has 0 bridgehead atoms. The molecule has 1 aromatic heterocycles. The van der Waals surface area contributed by atoms with Gasteiger partial charge in [-0.3, -0.25) is 0 Å². The Morgan fingerprint density at radius 1 is 0.727 bits per heavy atom. The Balaban J connectivity index is 0.00000127. The largest absolute Gasteiger partial charge is 0.333 e. The number of hydrogen-bond donors (Lipinski definition) is 1. The van der Waals surface area contributed by atoms with Crippen LogP contribution in [0.2, 0.25) is 5.02 Å². The number of nitrogens with one attached hydrogen (secondary N) is 1. The average Bonchev–Trinajstić information content (AvgIpc) is 3.38. The molecule has 0 fully saturated rings. The first-order valence-electron chi connectivity index (χ1n) is 15.6. The van der Waals surface area contributed by atoms with Crippen LogP contribution in [0.4, 0.5) is 0 Å². The summed E-state index contributed by atoms with van der Waals surface area (Å²) in [7, 11) is -3.53. The maximum absolute atomic E-state index is 13.2. The van der Waals surface area contributed by atoms with Gasteiger partial charge in [0.05, 0.1) is 11.8 Å². The molecule has 0 amide bonds. The van der Waals surface area contributed by atoms with Crippen molar-refractivity contribution in [1.82, 2.24) is 9.29 Å². The van der Waals surface area contributed by atoms with E-state index in [1.54, 1.807) is 0 Å². The fourth-order valence-electron chi connectivity index (χ4n) is 5.66. The maximum atomic E-state index is 13.2. The van der Waals surface area contributed by atoms with E-state index in [2.05, 4.69) is 89.9 Å². The number of hydrogen-bond acceptors (Lipinski definition) is 2. The SMILES string of the molecule is CC.CC.Cc1cc(C)c(CS(=O)(=O)NCCc2cc3cc(Cl)ccc3n2C(c2ccccc2)c2ccccc2)c(C)c1C. The average molecular weight is 631 g/mol. The van der Waals surface area contributed by atoms with Crippen LogP contribution in [0.1, 0.15) is 78.4 Å². The van der Waals surface area contributed by atoms with Crippen molar-refractivity contribution in [2.45, 2.75) is 73.6 Å². The monoisotopic (exact) mass is 630 g/mol. The summed E-state index contributed by atoms with van der Waals surface area (Å²) in [5, 5.41) is 1.70. The molecule has 0 aliphatic heterocycles. The lowest BCUT2D eigenvalue weighted by molar-refractivity contribution is 0.578. The molecule has 6 heteroatoms. The van der Waals surface area contributed by atoms with Crippen molar-refractivity contribution in [3.8, 4) is 0 Å². The van der Waals surface area contributed by atoms with Gasteiger partial charge in [-0.25, -0.2) is 13.1 Å². The highest BCUT2D eigenvalue weighted by Crippen LogP contribution is 2.34. The number of fused-ring (bicyclic) bond motifs is 1. The minimum atomic E-state index is -3.53. The van der Waals surface area contributed by atoms with Gasteiger partial charge in [0.1, 0.15) is 0 Å². The second-order valence-corrected chi connectivity index (χ2v) is 12.8. The molecule has 4 nitrogen and oxygen atoms in total. The zero-order valence-corrected chi connectivity index (χ0v) is 29.0. The maximum Gasteiger partial charge on any atom is 0.215 e. The molecule has 5 rings (SSSR count). The first-order chi connectivity index (χ1) is 21.1. The van der Waals surface area contributed by atoms with Crippen LogP contribution in [0.5, 0.6) is 0 Å². The molecule has 0 radical (unpaired) electrons. The molecule has 0 spiro atoms. The van der Waals surface area contributed by atoms with E-state index in [9.17, 15) is 8.42 Å². The van der Waals surface area contributed by atoms with Gasteiger partial charge in [-0.15, -0.1) is 0 Å². The molecule has 4 aromatic carbocycles. The van der Waals surface area contributed by atoms with Gasteiger partial charge in [0, 0.05) is 34.6 Å². The van der Waals surface area contributed by atoms with E-state index in [4.69, 9.17) is 11.6 Å². The van der Waals surface area contributed by atoms with Crippen LogP contribution in [-0.4, -0.2) is 19.5 Å². The highest BCUT2D eigenvalue weighted by atomic mass is 35.5. The van der Waals surface area contributed by atoms with Gasteiger partial charge in [0.2, 0.25) is 10.0 Å². The predicted molar refractivity (Wildman–Crippen MR) is 189 cm³/mol. The van der Waals surface area contributed by atoms with Crippen LogP contribution in [0.15, 0.2) is 91.0 Å². The quantitative estimate of drug-likeness (QED) is 0.176. The van der Waals surface area contributed by atoms with Crippen molar-refractivity contribution in [2.75, 3.05) is 6.54 Å². The van der Waals surface area contributed by atoms with Crippen molar-refractivity contribution < 1.29 is 8.42 Å². The number of benzene rings is 4. The van der Waals surface area contributed by atoms with Crippen LogP contribution >= 0.6 is 11.6 Å². The molecule has 0 saturated carbocycles. The molecule has 1 N–H and O–H groups in total. The zero-order valence-electron chi connectivity index (χ0n) is 27.4. The molecular weight excluding hydrogens is 584 g/mol. The van der Waals surface area contributed by atoms with Crippen molar-refractivity contribution in [3.05, 3.63) is 141 Å². The molecule has 5 aromatic rings. The molecular formula is C38H47ClN2O2S. The lowest BCUT2D eigenvalue weighted by Crippen LogP contribution is -2.28. The molecule has 0 saturated heterocycles. The highest BCUT2D eigenvalue weighted by molar-refractivity contribution is 7.88. The molecule has 0 aliphatic rings. The molecule has 1 heterocycles. The van der Waals surface area contributed by atoms with Gasteiger partial charge >= 0.3 is 0 Å². The number of nitrogens with zero attached hydrogens (tertiary/aromatic N) is 1. The Hall–Kier alpha value is -3.38. The van der Waals surface area contributed by atoms with Crippen LogP contribution in [0.3, 0.4) is 0 Å². The molecule has 0 aliphatic carbocycles. The predicted octanol–water partition coefficient (Wildman–Crippen LogP) is 9.88. The summed E-state index contributed by atoms with van der Waals surface area (Å²) < 4.78 is 31.7. The van der Waals surface area contributed by atoms with Crippen LogP contribution < -0.4 is 4.72 Å². The van der Waals surface area contributed by atoms with Gasteiger partial charge in [-0.1, -0.05) is 106 Å². The van der Waals surface area contributed by atoms with E-state index in [1.165, 1.54) is 5.56 Å². The zero-order chi connectivity index (χ0) is 32.4. The Morgan fingerprint density at radius 2 is 1.30 bits per heavy atom. The van der Waals surface area contributed by atoms with E-state index in [0.29, 0.717) is 18.0 Å². The summed E-state index contributed by atoms with van der Waals surface area (Å²) in [6.07, 6.45) is 0.534. The highest BCUT2D eigenvalue weighted by Gasteiger charge is 2.23. The third-order valence-corrected chi connectivity index (χ3v) is 9.47. The summed E-state index contributed by atoms with van der Waals surface area (Å²) in [5.74, 6) is -0.0267. The topological polar surface area (TPSA) is 51.1 Å².